The van der Waals surface area contributed by atoms with Crippen molar-refractivity contribution in [3.05, 3.63) is 58.6 Å². The highest BCUT2D eigenvalue weighted by Gasteiger charge is 2.19. The number of nitrogens with zero attached hydrogens (tertiary/aromatic N) is 1. The number of piperidine rings is 1. The summed E-state index contributed by atoms with van der Waals surface area (Å²) in [5, 5.41) is 6.15. The minimum Gasteiger partial charge on any atom is -0.325 e. The zero-order chi connectivity index (χ0) is 20.1. The third-order valence-electron chi connectivity index (χ3n) is 4.89. The second-order valence-corrected chi connectivity index (χ2v) is 7.96. The molecule has 0 saturated carbocycles. The zero-order valence-corrected chi connectivity index (χ0v) is 17.1. The van der Waals surface area contributed by atoms with Gasteiger partial charge in [0.15, 0.2) is 0 Å². The van der Waals surface area contributed by atoms with Crippen molar-refractivity contribution in [2.45, 2.75) is 26.7 Å². The number of hydrogen-bond donors (Lipinski definition) is 2. The van der Waals surface area contributed by atoms with E-state index in [1.807, 2.05) is 25.1 Å². The average Bonchev–Trinajstić information content (AvgIpc) is 2.64. The first kappa shape index (κ1) is 20.4. The van der Waals surface area contributed by atoms with Gasteiger partial charge in [-0.3, -0.25) is 14.5 Å². The van der Waals surface area contributed by atoms with Crippen molar-refractivity contribution >= 4 is 34.8 Å². The molecule has 2 amide bonds. The van der Waals surface area contributed by atoms with Crippen molar-refractivity contribution in [3.63, 3.8) is 0 Å². The molecule has 2 aromatic carbocycles. The highest BCUT2D eigenvalue weighted by atomic mass is 35.5. The number of anilines is 2. The van der Waals surface area contributed by atoms with E-state index in [0.717, 1.165) is 25.1 Å². The zero-order valence-electron chi connectivity index (χ0n) is 16.3. The first-order valence-electron chi connectivity index (χ1n) is 9.60. The normalized spacial score (nSPS) is 17.2. The summed E-state index contributed by atoms with van der Waals surface area (Å²) in [7, 11) is 0. The first-order valence-corrected chi connectivity index (χ1v) is 9.98. The third-order valence-corrected chi connectivity index (χ3v) is 5.22. The number of nitrogens with one attached hydrogen (secondary N) is 2. The van der Waals surface area contributed by atoms with Crippen LogP contribution in [0.4, 0.5) is 11.4 Å². The molecule has 2 aromatic rings. The van der Waals surface area contributed by atoms with E-state index in [-0.39, 0.29) is 11.8 Å². The van der Waals surface area contributed by atoms with Crippen molar-refractivity contribution in [1.82, 2.24) is 4.90 Å². The summed E-state index contributed by atoms with van der Waals surface area (Å²) in [5.41, 5.74) is 2.65. The largest absolute Gasteiger partial charge is 0.325 e. The molecule has 6 heteroatoms. The molecule has 1 aliphatic heterocycles. The summed E-state index contributed by atoms with van der Waals surface area (Å²) in [5.74, 6) is 0.323. The van der Waals surface area contributed by atoms with Gasteiger partial charge in [-0.05, 0) is 62.6 Å². The highest BCUT2D eigenvalue weighted by Crippen LogP contribution is 2.26. The number of carbonyl (C=O) groups is 2. The highest BCUT2D eigenvalue weighted by molar-refractivity contribution is 6.34. The van der Waals surface area contributed by atoms with Gasteiger partial charge in [0, 0.05) is 17.8 Å². The lowest BCUT2D eigenvalue weighted by molar-refractivity contribution is -0.117. The van der Waals surface area contributed by atoms with Crippen molar-refractivity contribution in [1.29, 1.82) is 0 Å². The monoisotopic (exact) mass is 399 g/mol. The van der Waals surface area contributed by atoms with Crippen LogP contribution in [0.25, 0.3) is 0 Å². The van der Waals surface area contributed by atoms with E-state index in [1.54, 1.807) is 24.3 Å². The summed E-state index contributed by atoms with van der Waals surface area (Å²) in [6.07, 6.45) is 2.35. The molecule has 0 aliphatic carbocycles. The summed E-state index contributed by atoms with van der Waals surface area (Å²) in [4.78, 5) is 27.1. The molecule has 1 fully saturated rings. The summed E-state index contributed by atoms with van der Waals surface area (Å²) >= 11 is 6.23. The van der Waals surface area contributed by atoms with Gasteiger partial charge in [0.05, 0.1) is 17.3 Å². The minimum absolute atomic E-state index is 0.0626. The van der Waals surface area contributed by atoms with Crippen LogP contribution >= 0.6 is 11.6 Å². The van der Waals surface area contributed by atoms with Gasteiger partial charge in [-0.15, -0.1) is 0 Å². The van der Waals surface area contributed by atoms with Crippen LogP contribution in [0, 0.1) is 12.8 Å². The molecule has 0 aromatic heterocycles. The van der Waals surface area contributed by atoms with Crippen LogP contribution in [0.2, 0.25) is 5.02 Å². The number of hydrogen-bond acceptors (Lipinski definition) is 3. The summed E-state index contributed by atoms with van der Waals surface area (Å²) in [6.45, 7) is 6.43. The Hall–Kier alpha value is -2.37. The standard InChI is InChI=1S/C22H26ClN3O2/c1-15-5-3-7-17(11-15)22(28)25-20-12-18(8-9-19(20)23)24-21(27)14-26-10-4-6-16(2)13-26/h3,5,7-9,11-12,16H,4,6,10,13-14H2,1-2H3,(H,24,27)(H,25,28)/t16-/m1/s1. The maximum atomic E-state index is 12.5. The van der Waals surface area contributed by atoms with Crippen LogP contribution in [0.1, 0.15) is 35.7 Å². The number of halogens is 1. The van der Waals surface area contributed by atoms with Gasteiger partial charge >= 0.3 is 0 Å². The number of aryl methyl sites for hydroxylation is 1. The van der Waals surface area contributed by atoms with E-state index in [1.165, 1.54) is 6.42 Å². The smallest absolute Gasteiger partial charge is 0.255 e. The molecule has 0 radical (unpaired) electrons. The second kappa shape index (κ2) is 9.22. The Morgan fingerprint density at radius 2 is 2.00 bits per heavy atom. The van der Waals surface area contributed by atoms with Crippen LogP contribution in [0.5, 0.6) is 0 Å². The van der Waals surface area contributed by atoms with Crippen LogP contribution in [0.15, 0.2) is 42.5 Å². The number of likely N-dealkylation sites (tertiary alicyclic amines) is 1. The van der Waals surface area contributed by atoms with Crippen molar-refractivity contribution in [2.75, 3.05) is 30.3 Å². The Balaban J connectivity index is 1.64. The van der Waals surface area contributed by atoms with Gasteiger partial charge in [0.1, 0.15) is 0 Å². The number of amides is 2. The maximum absolute atomic E-state index is 12.5. The lowest BCUT2D eigenvalue weighted by atomic mass is 10.0. The molecule has 5 nitrogen and oxygen atoms in total. The molecule has 0 bridgehead atoms. The molecule has 1 atom stereocenters. The lowest BCUT2D eigenvalue weighted by Gasteiger charge is -2.30. The topological polar surface area (TPSA) is 61.4 Å². The molecular formula is C22H26ClN3O2. The van der Waals surface area contributed by atoms with Crippen LogP contribution in [0.3, 0.4) is 0 Å². The lowest BCUT2D eigenvalue weighted by Crippen LogP contribution is -2.39. The maximum Gasteiger partial charge on any atom is 0.255 e. The molecule has 28 heavy (non-hydrogen) atoms. The fraction of sp³-hybridized carbons (Fsp3) is 0.364. The second-order valence-electron chi connectivity index (χ2n) is 7.55. The molecular weight excluding hydrogens is 374 g/mol. The van der Waals surface area contributed by atoms with Gasteiger partial charge < -0.3 is 10.6 Å². The van der Waals surface area contributed by atoms with Gasteiger partial charge in [-0.2, -0.15) is 0 Å². The van der Waals surface area contributed by atoms with Gasteiger partial charge in [-0.1, -0.05) is 36.2 Å². The SMILES string of the molecule is Cc1cccc(C(=O)Nc2cc(NC(=O)CN3CCC[C@@H](C)C3)ccc2Cl)c1. The van der Waals surface area contributed by atoms with Gasteiger partial charge in [0.2, 0.25) is 5.91 Å². The Morgan fingerprint density at radius 3 is 2.75 bits per heavy atom. The Morgan fingerprint density at radius 1 is 1.18 bits per heavy atom. The van der Waals surface area contributed by atoms with Crippen molar-refractivity contribution in [3.8, 4) is 0 Å². The quantitative estimate of drug-likeness (QED) is 0.774. The average molecular weight is 400 g/mol. The molecule has 1 aliphatic rings. The Kier molecular flexibility index (Phi) is 6.70. The molecule has 0 unspecified atom stereocenters. The van der Waals surface area contributed by atoms with E-state index in [4.69, 9.17) is 11.6 Å². The van der Waals surface area contributed by atoms with E-state index in [2.05, 4.69) is 22.5 Å². The van der Waals surface area contributed by atoms with E-state index in [9.17, 15) is 9.59 Å². The summed E-state index contributed by atoms with van der Waals surface area (Å²) < 4.78 is 0. The molecule has 148 valence electrons. The van der Waals surface area contributed by atoms with Gasteiger partial charge in [0.25, 0.3) is 5.91 Å². The van der Waals surface area contributed by atoms with E-state index in [0.29, 0.717) is 34.4 Å². The van der Waals surface area contributed by atoms with Gasteiger partial charge in [-0.25, -0.2) is 0 Å². The van der Waals surface area contributed by atoms with Crippen molar-refractivity contribution < 1.29 is 9.59 Å². The third kappa shape index (κ3) is 5.57. The number of benzene rings is 2. The van der Waals surface area contributed by atoms with Crippen LogP contribution < -0.4 is 10.6 Å². The Bertz CT molecular complexity index is 869. The van der Waals surface area contributed by atoms with Crippen LogP contribution in [-0.4, -0.2) is 36.3 Å². The van der Waals surface area contributed by atoms with Crippen LogP contribution in [-0.2, 0) is 4.79 Å². The Labute approximate surface area is 171 Å². The first-order chi connectivity index (χ1) is 13.4. The molecule has 2 N–H and O–H groups in total. The molecule has 1 saturated heterocycles. The van der Waals surface area contributed by atoms with E-state index < -0.39 is 0 Å². The minimum atomic E-state index is -0.239. The molecule has 0 spiro atoms. The van der Waals surface area contributed by atoms with Crippen molar-refractivity contribution in [2.24, 2.45) is 5.92 Å². The summed E-state index contributed by atoms with van der Waals surface area (Å²) in [6, 6.07) is 12.4. The molecule has 3 rings (SSSR count). The van der Waals surface area contributed by atoms with E-state index >= 15 is 0 Å². The molecule has 1 heterocycles. The fourth-order valence-electron chi connectivity index (χ4n) is 3.51. The predicted molar refractivity (Wildman–Crippen MR) is 114 cm³/mol. The predicted octanol–water partition coefficient (Wildman–Crippen LogP) is 4.57. The number of carbonyl (C=O) groups excluding carboxylic acids is 2. The fourth-order valence-corrected chi connectivity index (χ4v) is 3.68. The number of rotatable bonds is 5.